The lowest BCUT2D eigenvalue weighted by Gasteiger charge is -2.14. The van der Waals surface area contributed by atoms with Crippen molar-refractivity contribution < 1.29 is 19.1 Å². The molecule has 10 heteroatoms. The molecule has 7 nitrogen and oxygen atoms in total. The second kappa shape index (κ2) is 14.1. The van der Waals surface area contributed by atoms with Crippen molar-refractivity contribution in [3.63, 3.8) is 0 Å². The van der Waals surface area contributed by atoms with Crippen LogP contribution in [0, 0.1) is 0 Å². The molecule has 0 fully saturated rings. The molecule has 2 aromatic carbocycles. The van der Waals surface area contributed by atoms with Crippen LogP contribution in [0.25, 0.3) is 0 Å². The highest BCUT2D eigenvalue weighted by Crippen LogP contribution is 2.36. The molecule has 33 heavy (non-hydrogen) atoms. The number of nitrogens with one attached hydrogen (secondary N) is 2. The van der Waals surface area contributed by atoms with E-state index in [2.05, 4.69) is 38.7 Å². The summed E-state index contributed by atoms with van der Waals surface area (Å²) in [6.45, 7) is 5.22. The zero-order valence-electron chi connectivity index (χ0n) is 18.4. The van der Waals surface area contributed by atoms with Gasteiger partial charge in [-0.1, -0.05) is 36.5 Å². The number of unbranched alkanes of at least 4 members (excludes halogenated alkanes) is 1. The van der Waals surface area contributed by atoms with Crippen molar-refractivity contribution in [3.05, 3.63) is 56.0 Å². The quantitative estimate of drug-likeness (QED) is 0.201. The molecule has 0 aliphatic rings. The summed E-state index contributed by atoms with van der Waals surface area (Å²) in [4.78, 5) is 24.1. The van der Waals surface area contributed by atoms with Crippen LogP contribution in [-0.4, -0.2) is 37.8 Å². The Balaban J connectivity index is 1.87. The number of nitrogens with zero attached hydrogens (tertiary/aromatic N) is 1. The van der Waals surface area contributed by atoms with E-state index < -0.39 is 0 Å². The Bertz CT molecular complexity index is 1000. The Hall–Kier alpha value is -2.29. The molecule has 178 valence electrons. The van der Waals surface area contributed by atoms with Crippen LogP contribution in [0.4, 0.5) is 0 Å². The van der Waals surface area contributed by atoms with Gasteiger partial charge >= 0.3 is 0 Å². The normalized spacial score (nSPS) is 10.8. The van der Waals surface area contributed by atoms with Crippen molar-refractivity contribution in [2.45, 2.75) is 33.1 Å². The molecule has 0 aromatic heterocycles. The van der Waals surface area contributed by atoms with Crippen molar-refractivity contribution in [2.24, 2.45) is 5.10 Å². The Morgan fingerprint density at radius 1 is 1.12 bits per heavy atom. The largest absolute Gasteiger partial charge is 0.490 e. The van der Waals surface area contributed by atoms with Gasteiger partial charge in [0.2, 0.25) is 5.91 Å². The molecule has 0 saturated heterocycles. The fourth-order valence-corrected chi connectivity index (χ4v) is 3.52. The van der Waals surface area contributed by atoms with Crippen molar-refractivity contribution in [3.8, 4) is 11.5 Å². The number of amides is 2. The van der Waals surface area contributed by atoms with Gasteiger partial charge in [0.1, 0.15) is 0 Å². The average molecular weight is 559 g/mol. The Morgan fingerprint density at radius 2 is 1.91 bits per heavy atom. The predicted octanol–water partition coefficient (Wildman–Crippen LogP) is 5.60. The number of carbonyl (C=O) groups is 2. The number of ether oxygens (including phenoxy) is 2. The maximum Gasteiger partial charge on any atom is 0.251 e. The third-order valence-corrected chi connectivity index (χ3v) is 5.63. The van der Waals surface area contributed by atoms with Crippen LogP contribution in [-0.2, 0) is 4.79 Å². The van der Waals surface area contributed by atoms with E-state index in [1.165, 1.54) is 12.3 Å². The second-order valence-corrected chi connectivity index (χ2v) is 8.56. The fourth-order valence-electron chi connectivity index (χ4n) is 2.65. The van der Waals surface area contributed by atoms with Gasteiger partial charge in [-0.3, -0.25) is 9.59 Å². The van der Waals surface area contributed by atoms with E-state index in [0.29, 0.717) is 35.3 Å². The smallest absolute Gasteiger partial charge is 0.251 e. The molecular formula is C23H26BrCl2N3O4. The van der Waals surface area contributed by atoms with Gasteiger partial charge in [-0.2, -0.15) is 5.10 Å². The summed E-state index contributed by atoms with van der Waals surface area (Å²) in [5, 5.41) is 7.28. The van der Waals surface area contributed by atoms with E-state index in [9.17, 15) is 9.59 Å². The number of hydrogen-bond acceptors (Lipinski definition) is 5. The lowest BCUT2D eigenvalue weighted by atomic mass is 10.2. The molecular weight excluding hydrogens is 533 g/mol. The topological polar surface area (TPSA) is 89.0 Å². The Labute approximate surface area is 211 Å². The monoisotopic (exact) mass is 557 g/mol. The molecule has 0 bridgehead atoms. The minimum absolute atomic E-state index is 0.0580. The SMILES string of the molecule is CCCCOc1c(Br)cc(C=NNC(=O)CCNC(=O)c2ccc(Cl)c(Cl)c2)cc1OCC. The Kier molecular flexibility index (Phi) is 11.5. The van der Waals surface area contributed by atoms with Gasteiger partial charge in [0.25, 0.3) is 5.91 Å². The summed E-state index contributed by atoms with van der Waals surface area (Å²) < 4.78 is 12.3. The number of carbonyl (C=O) groups excluding carboxylic acids is 2. The molecule has 0 unspecified atom stereocenters. The minimum Gasteiger partial charge on any atom is -0.490 e. The number of benzene rings is 2. The first-order valence-corrected chi connectivity index (χ1v) is 12.0. The van der Waals surface area contributed by atoms with Crippen LogP contribution in [0.1, 0.15) is 49.0 Å². The van der Waals surface area contributed by atoms with Crippen LogP contribution in [0.5, 0.6) is 11.5 Å². The lowest BCUT2D eigenvalue weighted by Crippen LogP contribution is -2.29. The maximum absolute atomic E-state index is 12.1. The van der Waals surface area contributed by atoms with Crippen LogP contribution in [0.3, 0.4) is 0 Å². The van der Waals surface area contributed by atoms with Crippen molar-refractivity contribution in [2.75, 3.05) is 19.8 Å². The Morgan fingerprint density at radius 3 is 2.61 bits per heavy atom. The van der Waals surface area contributed by atoms with Crippen LogP contribution < -0.4 is 20.2 Å². The summed E-state index contributed by atoms with van der Waals surface area (Å²) in [5.74, 6) is 0.550. The average Bonchev–Trinajstić information content (AvgIpc) is 2.77. The summed E-state index contributed by atoms with van der Waals surface area (Å²) in [6.07, 6.45) is 3.55. The second-order valence-electron chi connectivity index (χ2n) is 6.89. The minimum atomic E-state index is -0.348. The molecule has 0 saturated carbocycles. The number of hydrazone groups is 1. The van der Waals surface area contributed by atoms with Crippen molar-refractivity contribution in [1.82, 2.24) is 10.7 Å². The van der Waals surface area contributed by atoms with E-state index in [4.69, 9.17) is 32.7 Å². The third-order valence-electron chi connectivity index (χ3n) is 4.30. The number of hydrogen-bond donors (Lipinski definition) is 2. The van der Waals surface area contributed by atoms with E-state index >= 15 is 0 Å². The van der Waals surface area contributed by atoms with Crippen molar-refractivity contribution >= 4 is 57.2 Å². The van der Waals surface area contributed by atoms with Gasteiger partial charge in [-0.05, 0) is 65.2 Å². The lowest BCUT2D eigenvalue weighted by molar-refractivity contribution is -0.120. The first-order chi connectivity index (χ1) is 15.8. The zero-order valence-corrected chi connectivity index (χ0v) is 21.5. The standard InChI is InChI=1S/C23H26BrCl2N3O4/c1-3-5-10-33-22-17(24)11-15(12-20(22)32-4-2)14-28-29-21(30)8-9-27-23(31)16-6-7-18(25)19(26)13-16/h6-7,11-14H,3-5,8-10H2,1-2H3,(H,27,31)(H,29,30). The number of rotatable bonds is 12. The van der Waals surface area contributed by atoms with Crippen LogP contribution >= 0.6 is 39.1 Å². The van der Waals surface area contributed by atoms with Gasteiger partial charge in [0, 0.05) is 18.5 Å². The van der Waals surface area contributed by atoms with Crippen LogP contribution in [0.15, 0.2) is 39.9 Å². The van der Waals surface area contributed by atoms with Gasteiger partial charge in [0.15, 0.2) is 11.5 Å². The fraction of sp³-hybridized carbons (Fsp3) is 0.348. The molecule has 2 rings (SSSR count). The molecule has 0 radical (unpaired) electrons. The van der Waals surface area contributed by atoms with Gasteiger partial charge < -0.3 is 14.8 Å². The highest BCUT2D eigenvalue weighted by atomic mass is 79.9. The maximum atomic E-state index is 12.1. The molecule has 0 spiro atoms. The molecule has 0 aliphatic heterocycles. The van der Waals surface area contributed by atoms with E-state index in [1.54, 1.807) is 18.2 Å². The summed E-state index contributed by atoms with van der Waals surface area (Å²) in [7, 11) is 0. The zero-order chi connectivity index (χ0) is 24.2. The van der Waals surface area contributed by atoms with E-state index in [1.807, 2.05) is 13.0 Å². The molecule has 0 atom stereocenters. The third kappa shape index (κ3) is 8.87. The molecule has 2 aromatic rings. The van der Waals surface area contributed by atoms with Gasteiger partial charge in [-0.15, -0.1) is 0 Å². The highest BCUT2D eigenvalue weighted by molar-refractivity contribution is 9.10. The molecule has 2 amide bonds. The highest BCUT2D eigenvalue weighted by Gasteiger charge is 2.12. The summed E-state index contributed by atoms with van der Waals surface area (Å²) in [6, 6.07) is 8.19. The van der Waals surface area contributed by atoms with Gasteiger partial charge in [0.05, 0.1) is 33.9 Å². The van der Waals surface area contributed by atoms with E-state index in [0.717, 1.165) is 22.9 Å². The number of halogens is 3. The van der Waals surface area contributed by atoms with Gasteiger partial charge in [-0.25, -0.2) is 5.43 Å². The summed E-state index contributed by atoms with van der Waals surface area (Å²) in [5.41, 5.74) is 3.53. The van der Waals surface area contributed by atoms with E-state index in [-0.39, 0.29) is 29.8 Å². The van der Waals surface area contributed by atoms with Crippen LogP contribution in [0.2, 0.25) is 10.0 Å². The molecule has 2 N–H and O–H groups in total. The predicted molar refractivity (Wildman–Crippen MR) is 135 cm³/mol. The first kappa shape index (κ1) is 27.0. The molecule has 0 aliphatic carbocycles. The molecule has 0 heterocycles. The van der Waals surface area contributed by atoms with Crippen molar-refractivity contribution in [1.29, 1.82) is 0 Å². The summed E-state index contributed by atoms with van der Waals surface area (Å²) >= 11 is 15.3. The first-order valence-electron chi connectivity index (χ1n) is 10.5.